The van der Waals surface area contributed by atoms with E-state index in [1.807, 2.05) is 19.1 Å². The van der Waals surface area contributed by atoms with E-state index in [4.69, 9.17) is 9.47 Å². The number of ether oxygens (including phenoxy) is 2. The first-order chi connectivity index (χ1) is 12.8. The molecule has 0 aromatic heterocycles. The maximum absolute atomic E-state index is 12.7. The van der Waals surface area contributed by atoms with Crippen LogP contribution in [0.5, 0.6) is 0 Å². The van der Waals surface area contributed by atoms with Crippen molar-refractivity contribution >= 4 is 23.8 Å². The third kappa shape index (κ3) is 4.82. The molecule has 0 saturated carbocycles. The zero-order valence-electron chi connectivity index (χ0n) is 15.5. The van der Waals surface area contributed by atoms with Crippen molar-refractivity contribution in [3.05, 3.63) is 35.4 Å². The highest BCUT2D eigenvalue weighted by Gasteiger charge is 2.49. The Morgan fingerprint density at radius 3 is 2.52 bits per heavy atom. The number of amides is 4. The first kappa shape index (κ1) is 20.4. The average molecular weight is 377 g/mol. The molecule has 0 radical (unpaired) electrons. The molecule has 1 atom stereocenters. The molecule has 0 bridgehead atoms. The van der Waals surface area contributed by atoms with Gasteiger partial charge in [-0.1, -0.05) is 29.8 Å². The van der Waals surface area contributed by atoms with E-state index in [-0.39, 0.29) is 6.54 Å². The van der Waals surface area contributed by atoms with Crippen molar-refractivity contribution in [1.82, 2.24) is 15.5 Å². The van der Waals surface area contributed by atoms with Gasteiger partial charge in [0.05, 0.1) is 6.61 Å². The first-order valence-corrected chi connectivity index (χ1v) is 8.40. The molecule has 1 fully saturated rings. The number of imide groups is 1. The van der Waals surface area contributed by atoms with Crippen LogP contribution < -0.4 is 10.6 Å². The van der Waals surface area contributed by atoms with Gasteiger partial charge in [-0.05, 0) is 19.4 Å². The highest BCUT2D eigenvalue weighted by molar-refractivity contribution is 6.08. The first-order valence-electron chi connectivity index (χ1n) is 8.40. The summed E-state index contributed by atoms with van der Waals surface area (Å²) in [5.74, 6) is -1.91. The third-order valence-corrected chi connectivity index (χ3v) is 4.18. The van der Waals surface area contributed by atoms with Gasteiger partial charge in [0, 0.05) is 13.7 Å². The van der Waals surface area contributed by atoms with Gasteiger partial charge in [0.1, 0.15) is 12.1 Å². The number of carbonyl (C=O) groups excluding carboxylic acids is 4. The predicted molar refractivity (Wildman–Crippen MR) is 94.6 cm³/mol. The van der Waals surface area contributed by atoms with Gasteiger partial charge < -0.3 is 20.1 Å². The lowest BCUT2D eigenvalue weighted by Crippen LogP contribution is -2.42. The van der Waals surface area contributed by atoms with Crippen molar-refractivity contribution in [2.24, 2.45) is 0 Å². The Kier molecular flexibility index (Phi) is 6.51. The van der Waals surface area contributed by atoms with Crippen molar-refractivity contribution in [2.75, 3.05) is 33.4 Å². The van der Waals surface area contributed by atoms with Gasteiger partial charge in [0.2, 0.25) is 0 Å². The maximum Gasteiger partial charge on any atom is 0.326 e. The number of carbonyl (C=O) groups is 4. The van der Waals surface area contributed by atoms with E-state index in [0.29, 0.717) is 12.2 Å². The van der Waals surface area contributed by atoms with Gasteiger partial charge in [-0.25, -0.2) is 4.79 Å². The zero-order chi connectivity index (χ0) is 20.0. The molecule has 2 N–H and O–H groups in total. The molecular weight excluding hydrogens is 354 g/mol. The topological polar surface area (TPSA) is 114 Å². The van der Waals surface area contributed by atoms with E-state index in [9.17, 15) is 19.2 Å². The number of rotatable bonds is 8. The molecule has 0 unspecified atom stereocenters. The molecule has 1 aliphatic heterocycles. The lowest BCUT2D eigenvalue weighted by molar-refractivity contribution is -0.151. The van der Waals surface area contributed by atoms with E-state index >= 15 is 0 Å². The number of methoxy groups -OCH3 is 1. The molecule has 1 aliphatic rings. The fraction of sp³-hybridized carbons (Fsp3) is 0.444. The van der Waals surface area contributed by atoms with Crippen LogP contribution in [0.4, 0.5) is 4.79 Å². The second-order valence-corrected chi connectivity index (χ2v) is 6.32. The second-order valence-electron chi connectivity index (χ2n) is 6.32. The number of benzene rings is 1. The summed E-state index contributed by atoms with van der Waals surface area (Å²) in [6.07, 6.45) is 0. The zero-order valence-corrected chi connectivity index (χ0v) is 15.5. The van der Waals surface area contributed by atoms with Crippen molar-refractivity contribution in [2.45, 2.75) is 19.4 Å². The van der Waals surface area contributed by atoms with Gasteiger partial charge in [0.25, 0.3) is 11.8 Å². The van der Waals surface area contributed by atoms with Crippen LogP contribution in [-0.4, -0.2) is 62.1 Å². The Labute approximate surface area is 157 Å². The smallest absolute Gasteiger partial charge is 0.326 e. The van der Waals surface area contributed by atoms with E-state index in [1.165, 1.54) is 7.11 Å². The quantitative estimate of drug-likeness (QED) is 0.376. The number of hydrogen-bond acceptors (Lipinski definition) is 6. The van der Waals surface area contributed by atoms with Gasteiger partial charge in [-0.2, -0.15) is 0 Å². The summed E-state index contributed by atoms with van der Waals surface area (Å²) in [5, 5.41) is 5.10. The molecule has 9 heteroatoms. The summed E-state index contributed by atoms with van der Waals surface area (Å²) in [6.45, 7) is 3.04. The molecular formula is C18H23N3O6. The van der Waals surface area contributed by atoms with E-state index in [0.717, 1.165) is 10.5 Å². The number of hydrogen-bond donors (Lipinski definition) is 2. The van der Waals surface area contributed by atoms with Crippen molar-refractivity contribution < 1.29 is 28.7 Å². The lowest BCUT2D eigenvalue weighted by atomic mass is 9.91. The molecule has 0 aliphatic carbocycles. The molecule has 1 aromatic rings. The summed E-state index contributed by atoms with van der Waals surface area (Å²) < 4.78 is 9.60. The van der Waals surface area contributed by atoms with Gasteiger partial charge in [-0.3, -0.25) is 19.3 Å². The van der Waals surface area contributed by atoms with Crippen LogP contribution in [0.15, 0.2) is 24.3 Å². The van der Waals surface area contributed by atoms with Crippen LogP contribution in [-0.2, 0) is 29.4 Å². The van der Waals surface area contributed by atoms with Gasteiger partial charge >= 0.3 is 12.0 Å². The standard InChI is InChI=1S/C18H23N3O6/c1-12-4-6-13(7-5-12)18(2)16(24)21(17(25)20-18)10-15(23)27-11-14(22)19-8-9-26-3/h4-7H,8-11H2,1-3H3,(H,19,22)(H,20,25)/t18-/m1/s1. The molecule has 0 spiro atoms. The summed E-state index contributed by atoms with van der Waals surface area (Å²) in [4.78, 5) is 49.1. The highest BCUT2D eigenvalue weighted by Crippen LogP contribution is 2.28. The van der Waals surface area contributed by atoms with Crippen LogP contribution in [0.1, 0.15) is 18.1 Å². The molecule has 146 valence electrons. The Balaban J connectivity index is 1.94. The molecule has 2 rings (SSSR count). The number of urea groups is 1. The minimum Gasteiger partial charge on any atom is -0.454 e. The monoisotopic (exact) mass is 377 g/mol. The van der Waals surface area contributed by atoms with Crippen LogP contribution in [0.2, 0.25) is 0 Å². The van der Waals surface area contributed by atoms with Crippen LogP contribution >= 0.6 is 0 Å². The molecule has 1 heterocycles. The van der Waals surface area contributed by atoms with Gasteiger partial charge in [0.15, 0.2) is 6.61 Å². The molecule has 9 nitrogen and oxygen atoms in total. The second kappa shape index (κ2) is 8.63. The van der Waals surface area contributed by atoms with E-state index < -0.39 is 42.5 Å². The molecule has 1 aromatic carbocycles. The fourth-order valence-electron chi connectivity index (χ4n) is 2.59. The minimum atomic E-state index is -1.26. The third-order valence-electron chi connectivity index (χ3n) is 4.18. The number of nitrogens with one attached hydrogen (secondary N) is 2. The summed E-state index contributed by atoms with van der Waals surface area (Å²) in [5.41, 5.74) is 0.367. The summed E-state index contributed by atoms with van der Waals surface area (Å²) in [7, 11) is 1.49. The highest BCUT2D eigenvalue weighted by atomic mass is 16.5. The number of esters is 1. The van der Waals surface area contributed by atoms with Crippen LogP contribution in [0.3, 0.4) is 0 Å². The Morgan fingerprint density at radius 1 is 1.22 bits per heavy atom. The molecule has 1 saturated heterocycles. The normalized spacial score (nSPS) is 19.0. The SMILES string of the molecule is COCCNC(=O)COC(=O)CN1C(=O)N[C@](C)(c2ccc(C)cc2)C1=O. The Bertz CT molecular complexity index is 733. The largest absolute Gasteiger partial charge is 0.454 e. The lowest BCUT2D eigenvalue weighted by Gasteiger charge is -2.22. The summed E-state index contributed by atoms with van der Waals surface area (Å²) in [6, 6.07) is 6.47. The number of nitrogens with zero attached hydrogens (tertiary/aromatic N) is 1. The van der Waals surface area contributed by atoms with Crippen LogP contribution in [0.25, 0.3) is 0 Å². The molecule has 4 amide bonds. The summed E-state index contributed by atoms with van der Waals surface area (Å²) >= 11 is 0. The van der Waals surface area contributed by atoms with E-state index in [2.05, 4.69) is 10.6 Å². The van der Waals surface area contributed by atoms with E-state index in [1.54, 1.807) is 19.1 Å². The van der Waals surface area contributed by atoms with Crippen molar-refractivity contribution in [3.8, 4) is 0 Å². The van der Waals surface area contributed by atoms with Crippen molar-refractivity contribution in [3.63, 3.8) is 0 Å². The van der Waals surface area contributed by atoms with Crippen molar-refractivity contribution in [1.29, 1.82) is 0 Å². The maximum atomic E-state index is 12.7. The fourth-order valence-corrected chi connectivity index (χ4v) is 2.59. The average Bonchev–Trinajstić information content (AvgIpc) is 2.85. The minimum absolute atomic E-state index is 0.287. The Morgan fingerprint density at radius 2 is 1.89 bits per heavy atom. The molecule has 27 heavy (non-hydrogen) atoms. The van der Waals surface area contributed by atoms with Crippen LogP contribution in [0, 0.1) is 6.92 Å². The predicted octanol–water partition coefficient (Wildman–Crippen LogP) is 0.0678. The Hall–Kier alpha value is -2.94. The number of aryl methyl sites for hydroxylation is 1. The van der Waals surface area contributed by atoms with Gasteiger partial charge in [-0.15, -0.1) is 0 Å².